The van der Waals surface area contributed by atoms with Crippen molar-refractivity contribution in [2.45, 2.75) is 38.5 Å². The first-order valence-electron chi connectivity index (χ1n) is 5.09. The summed E-state index contributed by atoms with van der Waals surface area (Å²) in [5.74, 6) is 0.513. The average molecular weight is 232 g/mol. The molecule has 0 fully saturated rings. The van der Waals surface area contributed by atoms with E-state index >= 15 is 0 Å². The highest BCUT2D eigenvalue weighted by molar-refractivity contribution is 5.85. The molecule has 0 spiro atoms. The smallest absolute Gasteiger partial charge is 0.123 e. The Kier molecular flexibility index (Phi) is 5.84. The highest BCUT2D eigenvalue weighted by atomic mass is 35.5. The molecule has 0 saturated carbocycles. The lowest BCUT2D eigenvalue weighted by molar-refractivity contribution is 0.531. The fraction of sp³-hybridized carbons (Fsp3) is 0.500. The van der Waals surface area contributed by atoms with Crippen LogP contribution >= 0.6 is 12.4 Å². The standard InChI is InChI=1S/C12H15F.ClH.H3N/c1-2-9-4-3-5-10-6-7-11(13)8-12(9)10;;/h6-9H,2-5H2,1H3;1H;1H3. The number of benzene rings is 1. The molecular formula is C12H19ClFN. The fourth-order valence-electron chi connectivity index (χ4n) is 2.29. The van der Waals surface area contributed by atoms with Crippen LogP contribution < -0.4 is 6.15 Å². The van der Waals surface area contributed by atoms with Gasteiger partial charge in [-0.2, -0.15) is 0 Å². The van der Waals surface area contributed by atoms with Gasteiger partial charge in [0.15, 0.2) is 0 Å². The van der Waals surface area contributed by atoms with Crippen molar-refractivity contribution in [3.05, 3.63) is 35.1 Å². The maximum atomic E-state index is 13.0. The predicted molar refractivity (Wildman–Crippen MR) is 64.6 cm³/mol. The van der Waals surface area contributed by atoms with E-state index in [-0.39, 0.29) is 24.4 Å². The van der Waals surface area contributed by atoms with E-state index < -0.39 is 0 Å². The molecule has 1 aliphatic carbocycles. The third kappa shape index (κ3) is 2.93. The van der Waals surface area contributed by atoms with Gasteiger partial charge < -0.3 is 6.15 Å². The maximum absolute atomic E-state index is 13.0. The van der Waals surface area contributed by atoms with Gasteiger partial charge in [-0.15, -0.1) is 12.4 Å². The zero-order valence-electron chi connectivity index (χ0n) is 9.13. The minimum atomic E-state index is -0.0842. The zero-order valence-corrected chi connectivity index (χ0v) is 9.95. The summed E-state index contributed by atoms with van der Waals surface area (Å²) < 4.78 is 13.0. The molecule has 1 aromatic carbocycles. The topological polar surface area (TPSA) is 35.0 Å². The van der Waals surface area contributed by atoms with E-state index in [1.807, 2.05) is 6.07 Å². The van der Waals surface area contributed by atoms with Crippen LogP contribution in [0.25, 0.3) is 0 Å². The van der Waals surface area contributed by atoms with Crippen LogP contribution in [0.1, 0.15) is 43.2 Å². The minimum absolute atomic E-state index is 0. The van der Waals surface area contributed by atoms with Gasteiger partial charge in [0, 0.05) is 0 Å². The summed E-state index contributed by atoms with van der Waals surface area (Å²) in [4.78, 5) is 0. The van der Waals surface area contributed by atoms with Crippen molar-refractivity contribution >= 4 is 12.4 Å². The van der Waals surface area contributed by atoms with Gasteiger partial charge in [0.25, 0.3) is 0 Å². The molecule has 1 atom stereocenters. The molecule has 0 radical (unpaired) electrons. The zero-order chi connectivity index (χ0) is 9.26. The van der Waals surface area contributed by atoms with E-state index in [1.54, 1.807) is 12.1 Å². The molecule has 0 saturated heterocycles. The van der Waals surface area contributed by atoms with Crippen molar-refractivity contribution in [1.29, 1.82) is 0 Å². The van der Waals surface area contributed by atoms with E-state index in [1.165, 1.54) is 24.0 Å². The molecule has 0 aromatic heterocycles. The van der Waals surface area contributed by atoms with Gasteiger partial charge in [0.05, 0.1) is 0 Å². The van der Waals surface area contributed by atoms with Crippen LogP contribution in [-0.2, 0) is 6.42 Å². The lowest BCUT2D eigenvalue weighted by Gasteiger charge is -2.24. The lowest BCUT2D eigenvalue weighted by atomic mass is 9.81. The first-order valence-corrected chi connectivity index (χ1v) is 5.09. The molecule has 1 nitrogen and oxygen atoms in total. The molecule has 0 bridgehead atoms. The van der Waals surface area contributed by atoms with Gasteiger partial charge in [0.1, 0.15) is 5.82 Å². The first kappa shape index (κ1) is 14.4. The second-order valence-electron chi connectivity index (χ2n) is 3.84. The van der Waals surface area contributed by atoms with Crippen LogP contribution in [0.3, 0.4) is 0 Å². The molecular weight excluding hydrogens is 213 g/mol. The van der Waals surface area contributed by atoms with Gasteiger partial charge in [-0.25, -0.2) is 4.39 Å². The summed E-state index contributed by atoms with van der Waals surface area (Å²) in [6.07, 6.45) is 4.76. The Morgan fingerprint density at radius 1 is 1.40 bits per heavy atom. The van der Waals surface area contributed by atoms with Crippen LogP contribution in [0.4, 0.5) is 4.39 Å². The van der Waals surface area contributed by atoms with Gasteiger partial charge in [-0.05, 0) is 54.9 Å². The third-order valence-corrected chi connectivity index (χ3v) is 3.04. The van der Waals surface area contributed by atoms with Gasteiger partial charge in [-0.1, -0.05) is 13.0 Å². The molecule has 2 rings (SSSR count). The molecule has 1 unspecified atom stereocenters. The number of rotatable bonds is 1. The first-order chi connectivity index (χ1) is 6.31. The molecule has 86 valence electrons. The second kappa shape index (κ2) is 6.09. The van der Waals surface area contributed by atoms with Crippen LogP contribution in [0.15, 0.2) is 18.2 Å². The summed E-state index contributed by atoms with van der Waals surface area (Å²) in [5, 5.41) is 0. The molecule has 1 aliphatic rings. The molecule has 15 heavy (non-hydrogen) atoms. The number of hydrogen-bond acceptors (Lipinski definition) is 1. The molecule has 3 N–H and O–H groups in total. The van der Waals surface area contributed by atoms with Gasteiger partial charge in [-0.3, -0.25) is 0 Å². The Balaban J connectivity index is 0.000000980. The monoisotopic (exact) mass is 231 g/mol. The average Bonchev–Trinajstić information content (AvgIpc) is 2.17. The minimum Gasteiger partial charge on any atom is -0.344 e. The van der Waals surface area contributed by atoms with Crippen LogP contribution in [-0.4, -0.2) is 0 Å². The van der Waals surface area contributed by atoms with Crippen LogP contribution in [0, 0.1) is 5.82 Å². The second-order valence-corrected chi connectivity index (χ2v) is 3.84. The highest BCUT2D eigenvalue weighted by Crippen LogP contribution is 2.33. The summed E-state index contributed by atoms with van der Waals surface area (Å²) in [7, 11) is 0. The van der Waals surface area contributed by atoms with Crippen LogP contribution in [0.5, 0.6) is 0 Å². The number of aryl methyl sites for hydroxylation is 1. The summed E-state index contributed by atoms with van der Waals surface area (Å²) >= 11 is 0. The third-order valence-electron chi connectivity index (χ3n) is 3.04. The summed E-state index contributed by atoms with van der Waals surface area (Å²) in [5.41, 5.74) is 2.62. The van der Waals surface area contributed by atoms with Crippen molar-refractivity contribution < 1.29 is 4.39 Å². The molecule has 1 aromatic rings. The molecule has 0 aliphatic heterocycles. The number of halogens is 2. The van der Waals surface area contributed by atoms with Gasteiger partial charge in [0.2, 0.25) is 0 Å². The Morgan fingerprint density at radius 3 is 2.80 bits per heavy atom. The number of hydrogen-bond donors (Lipinski definition) is 1. The van der Waals surface area contributed by atoms with Crippen molar-refractivity contribution in [3.8, 4) is 0 Å². The fourth-order valence-corrected chi connectivity index (χ4v) is 2.29. The predicted octanol–water partition coefficient (Wildman–Crippen LogP) is 4.24. The molecule has 0 heterocycles. The van der Waals surface area contributed by atoms with E-state index in [2.05, 4.69) is 6.92 Å². The SMILES string of the molecule is CCC1CCCc2ccc(F)cc21.Cl.N. The molecule has 0 amide bonds. The van der Waals surface area contributed by atoms with E-state index in [9.17, 15) is 4.39 Å². The Bertz CT molecular complexity index is 314. The van der Waals surface area contributed by atoms with Crippen molar-refractivity contribution in [1.82, 2.24) is 6.15 Å². The summed E-state index contributed by atoms with van der Waals surface area (Å²) in [6.45, 7) is 2.19. The quantitative estimate of drug-likeness (QED) is 0.771. The largest absolute Gasteiger partial charge is 0.344 e. The Labute approximate surface area is 97.1 Å². The van der Waals surface area contributed by atoms with E-state index in [4.69, 9.17) is 0 Å². The van der Waals surface area contributed by atoms with Crippen LogP contribution in [0.2, 0.25) is 0 Å². The van der Waals surface area contributed by atoms with E-state index in [0.717, 1.165) is 12.8 Å². The Morgan fingerprint density at radius 2 is 2.13 bits per heavy atom. The lowest BCUT2D eigenvalue weighted by Crippen LogP contribution is -2.09. The number of fused-ring (bicyclic) bond motifs is 1. The normalized spacial score (nSPS) is 18.4. The maximum Gasteiger partial charge on any atom is 0.123 e. The van der Waals surface area contributed by atoms with Gasteiger partial charge >= 0.3 is 0 Å². The highest BCUT2D eigenvalue weighted by Gasteiger charge is 2.18. The Hall–Kier alpha value is -0.600. The molecule has 3 heteroatoms. The summed E-state index contributed by atoms with van der Waals surface area (Å²) in [6, 6.07) is 5.26. The van der Waals surface area contributed by atoms with Crippen molar-refractivity contribution in [3.63, 3.8) is 0 Å². The van der Waals surface area contributed by atoms with Crippen molar-refractivity contribution in [2.24, 2.45) is 0 Å². The van der Waals surface area contributed by atoms with E-state index in [0.29, 0.717) is 5.92 Å². The van der Waals surface area contributed by atoms with Crippen molar-refractivity contribution in [2.75, 3.05) is 0 Å².